The third-order valence-electron chi connectivity index (χ3n) is 3.86. The topological polar surface area (TPSA) is 71.8 Å². The van der Waals surface area contributed by atoms with Gasteiger partial charge >= 0.3 is 0 Å². The number of anilines is 2. The van der Waals surface area contributed by atoms with Crippen LogP contribution < -0.4 is 10.6 Å². The minimum atomic E-state index is -0.00701. The molecule has 0 saturated heterocycles. The molecule has 6 nitrogen and oxygen atoms in total. The van der Waals surface area contributed by atoms with Gasteiger partial charge in [-0.3, -0.25) is 4.79 Å². The van der Waals surface area contributed by atoms with Crippen molar-refractivity contribution in [3.05, 3.63) is 35.5 Å². The van der Waals surface area contributed by atoms with E-state index >= 15 is 0 Å². The van der Waals surface area contributed by atoms with Crippen LogP contribution in [-0.2, 0) is 17.8 Å². The summed E-state index contributed by atoms with van der Waals surface area (Å²) in [6.45, 7) is 1.81. The number of para-hydroxylation sites is 1. The molecule has 0 atom stereocenters. The molecule has 0 saturated carbocycles. The quantitative estimate of drug-likeness (QED) is 0.773. The number of hydrogen-bond acceptors (Lipinski definition) is 5. The average molecular weight is 327 g/mol. The van der Waals surface area contributed by atoms with Crippen molar-refractivity contribution in [3.8, 4) is 0 Å². The number of thiazole rings is 1. The van der Waals surface area contributed by atoms with E-state index in [1.807, 2.05) is 22.9 Å². The monoisotopic (exact) mass is 327 g/mol. The normalized spacial score (nSPS) is 13.6. The Hall–Kier alpha value is -2.41. The maximum atomic E-state index is 12.2. The summed E-state index contributed by atoms with van der Waals surface area (Å²) in [4.78, 5) is 16.7. The molecule has 118 valence electrons. The molecule has 1 aliphatic heterocycles. The van der Waals surface area contributed by atoms with E-state index in [4.69, 9.17) is 0 Å². The third kappa shape index (κ3) is 2.92. The molecule has 2 N–H and O–H groups in total. The minimum absolute atomic E-state index is 0.00701. The standard InChI is InChI=1S/C16H17N5OS/c22-14(19-12-10-18-21-9-3-8-17-16(12)21)6-7-15-20-11-4-1-2-5-13(11)23-15/h1-2,4-5,10,17H,3,6-9H2,(H,19,22). The molecule has 7 heteroatoms. The number of aromatic nitrogens is 3. The van der Waals surface area contributed by atoms with Crippen molar-refractivity contribution in [1.29, 1.82) is 0 Å². The van der Waals surface area contributed by atoms with Gasteiger partial charge < -0.3 is 10.6 Å². The summed E-state index contributed by atoms with van der Waals surface area (Å²) in [5, 5.41) is 11.5. The van der Waals surface area contributed by atoms with Crippen molar-refractivity contribution in [1.82, 2.24) is 14.8 Å². The number of nitrogens with zero attached hydrogens (tertiary/aromatic N) is 3. The van der Waals surface area contributed by atoms with Gasteiger partial charge in [-0.2, -0.15) is 5.10 Å². The van der Waals surface area contributed by atoms with Crippen molar-refractivity contribution >= 4 is 39.0 Å². The van der Waals surface area contributed by atoms with Gasteiger partial charge in [-0.1, -0.05) is 12.1 Å². The number of carbonyl (C=O) groups excluding carboxylic acids is 1. The van der Waals surface area contributed by atoms with Crippen LogP contribution in [0.25, 0.3) is 10.2 Å². The Morgan fingerprint density at radius 3 is 3.22 bits per heavy atom. The Labute approximate surface area is 137 Å². The first-order valence-electron chi connectivity index (χ1n) is 7.73. The molecule has 23 heavy (non-hydrogen) atoms. The summed E-state index contributed by atoms with van der Waals surface area (Å²) >= 11 is 1.65. The summed E-state index contributed by atoms with van der Waals surface area (Å²) < 4.78 is 3.06. The fraction of sp³-hybridized carbons (Fsp3) is 0.312. The molecule has 0 unspecified atom stereocenters. The molecule has 0 aliphatic carbocycles. The fourth-order valence-corrected chi connectivity index (χ4v) is 3.70. The highest BCUT2D eigenvalue weighted by Gasteiger charge is 2.16. The maximum Gasteiger partial charge on any atom is 0.224 e. The zero-order chi connectivity index (χ0) is 15.6. The molecule has 0 fully saturated rings. The summed E-state index contributed by atoms with van der Waals surface area (Å²) in [6, 6.07) is 8.05. The van der Waals surface area contributed by atoms with E-state index in [1.165, 1.54) is 0 Å². The number of fused-ring (bicyclic) bond motifs is 2. The van der Waals surface area contributed by atoms with Crippen molar-refractivity contribution in [3.63, 3.8) is 0 Å². The molecule has 4 rings (SSSR count). The Bertz CT molecular complexity index is 820. The molecule has 0 spiro atoms. The van der Waals surface area contributed by atoms with Crippen LogP contribution >= 0.6 is 11.3 Å². The highest BCUT2D eigenvalue weighted by Crippen LogP contribution is 2.25. The number of aryl methyl sites for hydroxylation is 2. The van der Waals surface area contributed by atoms with E-state index in [2.05, 4.69) is 26.8 Å². The van der Waals surface area contributed by atoms with E-state index in [-0.39, 0.29) is 5.91 Å². The van der Waals surface area contributed by atoms with Gasteiger partial charge in [-0.25, -0.2) is 9.67 Å². The molecule has 3 aromatic rings. The molecule has 2 aromatic heterocycles. The van der Waals surface area contributed by atoms with Gasteiger partial charge in [0.05, 0.1) is 21.4 Å². The van der Waals surface area contributed by atoms with Crippen molar-refractivity contribution in [2.45, 2.75) is 25.8 Å². The summed E-state index contributed by atoms with van der Waals surface area (Å²) in [7, 11) is 0. The van der Waals surface area contributed by atoms with Gasteiger partial charge in [0.15, 0.2) is 0 Å². The Kier molecular flexibility index (Phi) is 3.70. The van der Waals surface area contributed by atoms with E-state index in [9.17, 15) is 4.79 Å². The van der Waals surface area contributed by atoms with Crippen LogP contribution in [0.1, 0.15) is 17.8 Å². The lowest BCUT2D eigenvalue weighted by molar-refractivity contribution is -0.116. The van der Waals surface area contributed by atoms with Crippen molar-refractivity contribution < 1.29 is 4.79 Å². The summed E-state index contributed by atoms with van der Waals surface area (Å²) in [5.41, 5.74) is 1.77. The molecule has 0 radical (unpaired) electrons. The second-order valence-corrected chi connectivity index (χ2v) is 6.65. The van der Waals surface area contributed by atoms with Gasteiger partial charge in [0.25, 0.3) is 0 Å². The number of hydrogen-bond donors (Lipinski definition) is 2. The van der Waals surface area contributed by atoms with Crippen molar-refractivity contribution in [2.75, 3.05) is 17.2 Å². The Morgan fingerprint density at radius 2 is 2.30 bits per heavy atom. The fourth-order valence-electron chi connectivity index (χ4n) is 2.73. The van der Waals surface area contributed by atoms with E-state index < -0.39 is 0 Å². The lowest BCUT2D eigenvalue weighted by atomic mass is 10.3. The van der Waals surface area contributed by atoms with Crippen LogP contribution in [0.5, 0.6) is 0 Å². The second-order valence-electron chi connectivity index (χ2n) is 5.53. The minimum Gasteiger partial charge on any atom is -0.368 e. The summed E-state index contributed by atoms with van der Waals surface area (Å²) in [6.07, 6.45) is 3.84. The number of nitrogens with one attached hydrogen (secondary N) is 2. The molecular formula is C16H17N5OS. The van der Waals surface area contributed by atoms with Gasteiger partial charge in [0, 0.05) is 25.9 Å². The molecule has 1 amide bonds. The molecule has 1 aromatic carbocycles. The first-order valence-corrected chi connectivity index (χ1v) is 8.55. The third-order valence-corrected chi connectivity index (χ3v) is 4.95. The first kappa shape index (κ1) is 14.2. The molecular weight excluding hydrogens is 310 g/mol. The van der Waals surface area contributed by atoms with Crippen LogP contribution in [0.4, 0.5) is 11.5 Å². The second kappa shape index (κ2) is 6.00. The van der Waals surface area contributed by atoms with Crippen molar-refractivity contribution in [2.24, 2.45) is 0 Å². The highest BCUT2D eigenvalue weighted by molar-refractivity contribution is 7.18. The van der Waals surface area contributed by atoms with Crippen LogP contribution in [-0.4, -0.2) is 27.2 Å². The van der Waals surface area contributed by atoms with Gasteiger partial charge in [-0.05, 0) is 18.6 Å². The molecule has 1 aliphatic rings. The van der Waals surface area contributed by atoms with E-state index in [0.717, 1.165) is 46.2 Å². The Morgan fingerprint density at radius 1 is 1.39 bits per heavy atom. The van der Waals surface area contributed by atoms with Gasteiger partial charge in [0.1, 0.15) is 11.5 Å². The van der Waals surface area contributed by atoms with Crippen LogP contribution in [0.2, 0.25) is 0 Å². The SMILES string of the molecule is O=C(CCc1nc2ccccc2s1)Nc1cnn2c1NCCC2. The molecule has 0 bridgehead atoms. The van der Waals surface area contributed by atoms with Crippen LogP contribution in [0.3, 0.4) is 0 Å². The maximum absolute atomic E-state index is 12.2. The van der Waals surface area contributed by atoms with Gasteiger partial charge in [0.2, 0.25) is 5.91 Å². The number of rotatable bonds is 4. The predicted molar refractivity (Wildman–Crippen MR) is 91.9 cm³/mol. The molecule has 3 heterocycles. The van der Waals surface area contributed by atoms with Gasteiger partial charge in [-0.15, -0.1) is 11.3 Å². The van der Waals surface area contributed by atoms with E-state index in [0.29, 0.717) is 12.8 Å². The number of benzene rings is 1. The smallest absolute Gasteiger partial charge is 0.224 e. The number of amides is 1. The zero-order valence-electron chi connectivity index (χ0n) is 12.6. The number of carbonyl (C=O) groups is 1. The van der Waals surface area contributed by atoms with Crippen LogP contribution in [0.15, 0.2) is 30.5 Å². The summed E-state index contributed by atoms with van der Waals surface area (Å²) in [5.74, 6) is 0.900. The lowest BCUT2D eigenvalue weighted by Crippen LogP contribution is -2.19. The Balaban J connectivity index is 1.39. The van der Waals surface area contributed by atoms with Crippen LogP contribution in [0, 0.1) is 0 Å². The largest absolute Gasteiger partial charge is 0.368 e. The zero-order valence-corrected chi connectivity index (χ0v) is 13.4. The predicted octanol–water partition coefficient (Wildman–Crippen LogP) is 2.88. The highest BCUT2D eigenvalue weighted by atomic mass is 32.1. The lowest BCUT2D eigenvalue weighted by Gasteiger charge is -2.17. The first-order chi connectivity index (χ1) is 11.3. The van der Waals surface area contributed by atoms with E-state index in [1.54, 1.807) is 17.5 Å². The average Bonchev–Trinajstić information content (AvgIpc) is 3.17.